The van der Waals surface area contributed by atoms with Crippen LogP contribution in [-0.2, 0) is 0 Å². The second kappa shape index (κ2) is 5.24. The number of anilines is 1. The molecule has 1 heterocycles. The number of aromatic nitrogens is 1. The van der Waals surface area contributed by atoms with E-state index in [0.29, 0.717) is 5.56 Å². The fourth-order valence-corrected chi connectivity index (χ4v) is 1.50. The molecular formula is C11H13F3N2O2. The molecule has 4 nitrogen and oxygen atoms in total. The number of carboxylic acid groups (broad SMARTS) is 1. The lowest BCUT2D eigenvalue weighted by Gasteiger charge is -2.21. The maximum absolute atomic E-state index is 12.1. The molecule has 1 N–H and O–H groups in total. The van der Waals surface area contributed by atoms with Gasteiger partial charge in [0.15, 0.2) is 0 Å². The van der Waals surface area contributed by atoms with Crippen molar-refractivity contribution >= 4 is 11.8 Å². The summed E-state index contributed by atoms with van der Waals surface area (Å²) in [5, 5.41) is 9.03. The normalized spacial score (nSPS) is 11.4. The van der Waals surface area contributed by atoms with Gasteiger partial charge in [-0.1, -0.05) is 0 Å². The van der Waals surface area contributed by atoms with E-state index in [1.54, 1.807) is 6.92 Å². The highest BCUT2D eigenvalue weighted by molar-refractivity contribution is 5.94. The molecular weight excluding hydrogens is 249 g/mol. The lowest BCUT2D eigenvalue weighted by Crippen LogP contribution is -2.26. The van der Waals surface area contributed by atoms with Crippen LogP contribution in [0, 0.1) is 6.92 Å². The quantitative estimate of drug-likeness (QED) is 0.905. The molecule has 7 heteroatoms. The number of aryl methyl sites for hydroxylation is 1. The molecule has 1 rings (SSSR count). The molecule has 1 aromatic heterocycles. The Morgan fingerprint density at radius 1 is 1.50 bits per heavy atom. The van der Waals surface area contributed by atoms with E-state index in [1.807, 2.05) is 0 Å². The first kappa shape index (κ1) is 14.3. The Bertz CT molecular complexity index is 446. The number of pyridine rings is 1. The van der Waals surface area contributed by atoms with Crippen molar-refractivity contribution in [2.24, 2.45) is 0 Å². The van der Waals surface area contributed by atoms with Crippen LogP contribution in [-0.4, -0.2) is 35.8 Å². The fraction of sp³-hybridized carbons (Fsp3) is 0.455. The highest BCUT2D eigenvalue weighted by Crippen LogP contribution is 2.24. The SMILES string of the molecule is Cc1ccnc(N(C)CCC(F)(F)F)c1C(=O)O. The Balaban J connectivity index is 2.95. The highest BCUT2D eigenvalue weighted by Gasteiger charge is 2.28. The smallest absolute Gasteiger partial charge is 0.390 e. The molecule has 0 saturated heterocycles. The van der Waals surface area contributed by atoms with Crippen molar-refractivity contribution in [3.05, 3.63) is 23.4 Å². The molecule has 1 aromatic rings. The van der Waals surface area contributed by atoms with E-state index in [4.69, 9.17) is 5.11 Å². The third-order valence-electron chi connectivity index (χ3n) is 2.45. The number of hydrogen-bond acceptors (Lipinski definition) is 3. The van der Waals surface area contributed by atoms with Crippen molar-refractivity contribution in [3.8, 4) is 0 Å². The molecule has 0 spiro atoms. The zero-order valence-electron chi connectivity index (χ0n) is 9.95. The lowest BCUT2D eigenvalue weighted by atomic mass is 10.1. The molecule has 0 saturated carbocycles. The number of hydrogen-bond donors (Lipinski definition) is 1. The van der Waals surface area contributed by atoms with Crippen molar-refractivity contribution in [2.45, 2.75) is 19.5 Å². The average Bonchev–Trinajstić information content (AvgIpc) is 2.24. The molecule has 0 aliphatic rings. The summed E-state index contributed by atoms with van der Waals surface area (Å²) >= 11 is 0. The van der Waals surface area contributed by atoms with Crippen molar-refractivity contribution in [2.75, 3.05) is 18.5 Å². The molecule has 18 heavy (non-hydrogen) atoms. The van der Waals surface area contributed by atoms with Gasteiger partial charge in [-0.15, -0.1) is 0 Å². The Labute approximate surface area is 102 Å². The second-order valence-electron chi connectivity index (χ2n) is 3.92. The summed E-state index contributed by atoms with van der Waals surface area (Å²) in [7, 11) is 1.39. The van der Waals surface area contributed by atoms with E-state index in [9.17, 15) is 18.0 Å². The van der Waals surface area contributed by atoms with Crippen LogP contribution in [0.25, 0.3) is 0 Å². The van der Waals surface area contributed by atoms with E-state index in [2.05, 4.69) is 4.98 Å². The zero-order chi connectivity index (χ0) is 13.9. The molecule has 0 unspecified atom stereocenters. The summed E-state index contributed by atoms with van der Waals surface area (Å²) in [6.45, 7) is 1.24. The predicted molar refractivity (Wildman–Crippen MR) is 59.9 cm³/mol. The molecule has 0 aliphatic carbocycles. The molecule has 0 atom stereocenters. The van der Waals surface area contributed by atoms with Crippen LogP contribution in [0.2, 0.25) is 0 Å². The topological polar surface area (TPSA) is 53.4 Å². The van der Waals surface area contributed by atoms with Crippen molar-refractivity contribution in [1.82, 2.24) is 4.98 Å². The molecule has 0 aliphatic heterocycles. The van der Waals surface area contributed by atoms with Crippen LogP contribution in [0.5, 0.6) is 0 Å². The molecule has 0 fully saturated rings. The third-order valence-corrected chi connectivity index (χ3v) is 2.45. The number of alkyl halides is 3. The van der Waals surface area contributed by atoms with Crippen LogP contribution < -0.4 is 4.90 Å². The minimum Gasteiger partial charge on any atom is -0.478 e. The van der Waals surface area contributed by atoms with Crippen LogP contribution in [0.3, 0.4) is 0 Å². The van der Waals surface area contributed by atoms with Gasteiger partial charge in [0.1, 0.15) is 11.4 Å². The minimum atomic E-state index is -4.28. The summed E-state index contributed by atoms with van der Waals surface area (Å²) in [5.41, 5.74) is 0.397. The molecule has 0 amide bonds. The van der Waals surface area contributed by atoms with Crippen molar-refractivity contribution in [1.29, 1.82) is 0 Å². The molecule has 100 valence electrons. The van der Waals surface area contributed by atoms with E-state index >= 15 is 0 Å². The largest absolute Gasteiger partial charge is 0.478 e. The zero-order valence-corrected chi connectivity index (χ0v) is 9.95. The number of aromatic carboxylic acids is 1. The first-order valence-corrected chi connectivity index (χ1v) is 5.19. The summed E-state index contributed by atoms with van der Waals surface area (Å²) in [4.78, 5) is 16.1. The minimum absolute atomic E-state index is 0.0479. The Hall–Kier alpha value is -1.79. The van der Waals surface area contributed by atoms with Crippen LogP contribution in [0.1, 0.15) is 22.3 Å². The van der Waals surface area contributed by atoms with Gasteiger partial charge in [0.05, 0.1) is 6.42 Å². The maximum Gasteiger partial charge on any atom is 0.390 e. The van der Waals surface area contributed by atoms with Crippen molar-refractivity contribution in [3.63, 3.8) is 0 Å². The fourth-order valence-electron chi connectivity index (χ4n) is 1.50. The van der Waals surface area contributed by atoms with Gasteiger partial charge in [-0.25, -0.2) is 9.78 Å². The monoisotopic (exact) mass is 262 g/mol. The predicted octanol–water partition coefficient (Wildman–Crippen LogP) is 2.48. The number of halogens is 3. The van der Waals surface area contributed by atoms with Gasteiger partial charge in [-0.3, -0.25) is 0 Å². The second-order valence-corrected chi connectivity index (χ2v) is 3.92. The van der Waals surface area contributed by atoms with Crippen LogP contribution in [0.15, 0.2) is 12.3 Å². The number of carbonyl (C=O) groups is 1. The summed E-state index contributed by atoms with van der Waals surface area (Å²) in [5.74, 6) is -1.15. The van der Waals surface area contributed by atoms with Gasteiger partial charge in [0.2, 0.25) is 0 Å². The van der Waals surface area contributed by atoms with Gasteiger partial charge in [0, 0.05) is 19.8 Å². The number of carboxylic acids is 1. The van der Waals surface area contributed by atoms with E-state index in [1.165, 1.54) is 24.2 Å². The summed E-state index contributed by atoms with van der Waals surface area (Å²) in [6, 6.07) is 1.50. The molecule has 0 radical (unpaired) electrons. The highest BCUT2D eigenvalue weighted by atomic mass is 19.4. The Kier molecular flexibility index (Phi) is 4.15. The van der Waals surface area contributed by atoms with Gasteiger partial charge < -0.3 is 10.0 Å². The Morgan fingerprint density at radius 2 is 2.11 bits per heavy atom. The standard InChI is InChI=1S/C11H13F3N2O2/c1-7-3-5-15-9(8(7)10(17)18)16(2)6-4-11(12,13)14/h3,5H,4,6H2,1-2H3,(H,17,18). The molecule has 0 aromatic carbocycles. The number of nitrogens with zero attached hydrogens (tertiary/aromatic N) is 2. The van der Waals surface area contributed by atoms with Crippen LogP contribution >= 0.6 is 0 Å². The van der Waals surface area contributed by atoms with Gasteiger partial charge in [-0.2, -0.15) is 13.2 Å². The van der Waals surface area contributed by atoms with Gasteiger partial charge >= 0.3 is 12.1 Å². The average molecular weight is 262 g/mol. The Morgan fingerprint density at radius 3 is 2.61 bits per heavy atom. The molecule has 0 bridgehead atoms. The third kappa shape index (κ3) is 3.61. The van der Waals surface area contributed by atoms with E-state index in [0.717, 1.165) is 0 Å². The van der Waals surface area contributed by atoms with Crippen molar-refractivity contribution < 1.29 is 23.1 Å². The first-order chi connectivity index (χ1) is 8.22. The number of rotatable bonds is 4. The first-order valence-electron chi connectivity index (χ1n) is 5.19. The van der Waals surface area contributed by atoms with E-state index < -0.39 is 18.6 Å². The van der Waals surface area contributed by atoms with Gasteiger partial charge in [-0.05, 0) is 18.6 Å². The lowest BCUT2D eigenvalue weighted by molar-refractivity contribution is -0.132. The van der Waals surface area contributed by atoms with Gasteiger partial charge in [0.25, 0.3) is 0 Å². The maximum atomic E-state index is 12.1. The van der Waals surface area contributed by atoms with Crippen LogP contribution in [0.4, 0.5) is 19.0 Å². The summed E-state index contributed by atoms with van der Waals surface area (Å²) in [6.07, 6.45) is -3.92. The van der Waals surface area contributed by atoms with E-state index in [-0.39, 0.29) is 17.9 Å². The summed E-state index contributed by atoms with van der Waals surface area (Å²) < 4.78 is 36.3.